The van der Waals surface area contributed by atoms with Crippen LogP contribution in [0.3, 0.4) is 0 Å². The quantitative estimate of drug-likeness (QED) is 0.554. The molecule has 0 amide bonds. The monoisotopic (exact) mass is 186 g/mol. The van der Waals surface area contributed by atoms with Gasteiger partial charge in [0.05, 0.1) is 0 Å². The first-order valence-corrected chi connectivity index (χ1v) is 4.39. The molecule has 0 radical (unpaired) electrons. The Balaban J connectivity index is 2.80. The van der Waals surface area contributed by atoms with Gasteiger partial charge in [0.1, 0.15) is 0 Å². The molecule has 2 aromatic rings. The number of fused-ring (bicyclic) bond motifs is 1. The highest BCUT2D eigenvalue weighted by Gasteiger charge is 1.95. The number of benzene rings is 2. The van der Waals surface area contributed by atoms with Crippen molar-refractivity contribution in [2.75, 3.05) is 0 Å². The summed E-state index contributed by atoms with van der Waals surface area (Å²) < 4.78 is 0. The van der Waals surface area contributed by atoms with Gasteiger partial charge in [-0.05, 0) is 34.4 Å². The SMILES string of the molecule is ClC#Cc1cccc2ccccc12. The zero-order valence-corrected chi connectivity index (χ0v) is 7.68. The van der Waals surface area contributed by atoms with E-state index < -0.39 is 0 Å². The molecule has 0 bridgehead atoms. The Labute approximate surface area is 82.1 Å². The molecule has 62 valence electrons. The summed E-state index contributed by atoms with van der Waals surface area (Å²) in [6.07, 6.45) is 0. The topological polar surface area (TPSA) is 0 Å². The van der Waals surface area contributed by atoms with Crippen LogP contribution in [0.5, 0.6) is 0 Å². The van der Waals surface area contributed by atoms with Gasteiger partial charge in [-0.15, -0.1) is 0 Å². The minimum Gasteiger partial charge on any atom is -0.0616 e. The Morgan fingerprint density at radius 3 is 2.54 bits per heavy atom. The fourth-order valence-electron chi connectivity index (χ4n) is 1.39. The molecule has 2 rings (SSSR count). The van der Waals surface area contributed by atoms with Gasteiger partial charge < -0.3 is 0 Å². The van der Waals surface area contributed by atoms with Crippen molar-refractivity contribution in [2.24, 2.45) is 0 Å². The van der Waals surface area contributed by atoms with Gasteiger partial charge in [-0.3, -0.25) is 0 Å². The minimum absolute atomic E-state index is 0.980. The van der Waals surface area contributed by atoms with E-state index in [1.54, 1.807) is 0 Å². The standard InChI is InChI=1S/C12H7Cl/c13-9-8-11-6-3-5-10-4-1-2-7-12(10)11/h1-7H. The molecule has 0 saturated carbocycles. The third kappa shape index (κ3) is 1.52. The molecule has 0 aliphatic heterocycles. The van der Waals surface area contributed by atoms with Gasteiger partial charge >= 0.3 is 0 Å². The first kappa shape index (κ1) is 8.16. The number of hydrogen-bond donors (Lipinski definition) is 0. The van der Waals surface area contributed by atoms with Gasteiger partial charge in [-0.1, -0.05) is 36.4 Å². The van der Waals surface area contributed by atoms with Crippen LogP contribution in [0.4, 0.5) is 0 Å². The van der Waals surface area contributed by atoms with Crippen LogP contribution in [0.2, 0.25) is 0 Å². The zero-order chi connectivity index (χ0) is 9.10. The smallest absolute Gasteiger partial charge is 0.0336 e. The summed E-state index contributed by atoms with van der Waals surface area (Å²) in [6, 6.07) is 14.1. The summed E-state index contributed by atoms with van der Waals surface area (Å²) in [5.74, 6) is 2.87. The fourth-order valence-corrected chi connectivity index (χ4v) is 1.49. The highest BCUT2D eigenvalue weighted by Crippen LogP contribution is 2.17. The molecule has 1 heteroatoms. The lowest BCUT2D eigenvalue weighted by atomic mass is 10.1. The zero-order valence-electron chi connectivity index (χ0n) is 6.92. The molecule has 0 N–H and O–H groups in total. The second-order valence-electron chi connectivity index (χ2n) is 2.75. The molecular formula is C12H7Cl. The summed E-state index contributed by atoms with van der Waals surface area (Å²) in [7, 11) is 0. The first-order chi connectivity index (χ1) is 6.42. The predicted molar refractivity (Wildman–Crippen MR) is 56.7 cm³/mol. The normalized spacial score (nSPS) is 9.31. The summed E-state index contributed by atoms with van der Waals surface area (Å²) >= 11 is 5.38. The van der Waals surface area contributed by atoms with Crippen LogP contribution in [0.15, 0.2) is 42.5 Å². The summed E-state index contributed by atoms with van der Waals surface area (Å²) in [4.78, 5) is 0. The molecule has 0 heterocycles. The van der Waals surface area contributed by atoms with Gasteiger partial charge in [-0.2, -0.15) is 0 Å². The van der Waals surface area contributed by atoms with E-state index in [1.807, 2.05) is 30.3 Å². The van der Waals surface area contributed by atoms with Crippen molar-refractivity contribution in [3.05, 3.63) is 48.0 Å². The fraction of sp³-hybridized carbons (Fsp3) is 0. The lowest BCUT2D eigenvalue weighted by Gasteiger charge is -1.98. The van der Waals surface area contributed by atoms with Crippen LogP contribution in [-0.2, 0) is 0 Å². The largest absolute Gasteiger partial charge is 0.0616 e. The molecule has 0 fully saturated rings. The second-order valence-corrected chi connectivity index (χ2v) is 2.94. The minimum atomic E-state index is 0.980. The molecule has 0 spiro atoms. The van der Waals surface area contributed by atoms with Crippen molar-refractivity contribution in [1.29, 1.82) is 0 Å². The maximum atomic E-state index is 5.38. The van der Waals surface area contributed by atoms with E-state index >= 15 is 0 Å². The Hall–Kier alpha value is -1.45. The van der Waals surface area contributed by atoms with Crippen LogP contribution in [-0.4, -0.2) is 0 Å². The van der Waals surface area contributed by atoms with Crippen molar-refractivity contribution < 1.29 is 0 Å². The third-order valence-electron chi connectivity index (χ3n) is 1.97. The Morgan fingerprint density at radius 2 is 1.69 bits per heavy atom. The van der Waals surface area contributed by atoms with E-state index in [1.165, 1.54) is 5.39 Å². The van der Waals surface area contributed by atoms with Gasteiger partial charge in [0.2, 0.25) is 0 Å². The number of rotatable bonds is 0. The number of hydrogen-bond acceptors (Lipinski definition) is 0. The van der Waals surface area contributed by atoms with E-state index in [4.69, 9.17) is 11.6 Å². The average Bonchev–Trinajstić information content (AvgIpc) is 2.19. The van der Waals surface area contributed by atoms with E-state index in [0.29, 0.717) is 0 Å². The van der Waals surface area contributed by atoms with Gasteiger partial charge in [0, 0.05) is 10.9 Å². The Bertz CT molecular complexity index is 484. The molecule has 0 aliphatic rings. The van der Waals surface area contributed by atoms with Crippen LogP contribution in [0.1, 0.15) is 5.56 Å². The Morgan fingerprint density at radius 1 is 0.923 bits per heavy atom. The molecule has 0 atom stereocenters. The Kier molecular flexibility index (Phi) is 2.21. The van der Waals surface area contributed by atoms with Crippen molar-refractivity contribution in [3.63, 3.8) is 0 Å². The van der Waals surface area contributed by atoms with E-state index in [0.717, 1.165) is 10.9 Å². The lowest BCUT2D eigenvalue weighted by molar-refractivity contribution is 1.71. The molecule has 2 aromatic carbocycles. The third-order valence-corrected chi connectivity index (χ3v) is 2.07. The maximum absolute atomic E-state index is 5.38. The molecule has 0 unspecified atom stereocenters. The van der Waals surface area contributed by atoms with E-state index in [2.05, 4.69) is 23.4 Å². The van der Waals surface area contributed by atoms with Crippen molar-refractivity contribution >= 4 is 22.4 Å². The van der Waals surface area contributed by atoms with Crippen LogP contribution < -0.4 is 0 Å². The molecule has 13 heavy (non-hydrogen) atoms. The second kappa shape index (κ2) is 3.51. The van der Waals surface area contributed by atoms with Gasteiger partial charge in [-0.25, -0.2) is 0 Å². The van der Waals surface area contributed by atoms with E-state index in [9.17, 15) is 0 Å². The highest BCUT2D eigenvalue weighted by molar-refractivity contribution is 6.30. The van der Waals surface area contributed by atoms with Crippen molar-refractivity contribution in [1.82, 2.24) is 0 Å². The van der Waals surface area contributed by atoms with E-state index in [-0.39, 0.29) is 0 Å². The molecular weight excluding hydrogens is 180 g/mol. The maximum Gasteiger partial charge on any atom is 0.0336 e. The average molecular weight is 187 g/mol. The molecule has 0 saturated heterocycles. The molecule has 0 aromatic heterocycles. The molecule has 0 aliphatic carbocycles. The summed E-state index contributed by atoms with van der Waals surface area (Å²) in [5, 5.41) is 4.74. The van der Waals surface area contributed by atoms with Gasteiger partial charge in [0.15, 0.2) is 0 Å². The predicted octanol–water partition coefficient (Wildman–Crippen LogP) is 3.39. The van der Waals surface area contributed by atoms with Crippen molar-refractivity contribution in [3.8, 4) is 11.3 Å². The van der Waals surface area contributed by atoms with Gasteiger partial charge in [0.25, 0.3) is 0 Å². The summed E-state index contributed by atoms with van der Waals surface area (Å²) in [6.45, 7) is 0. The van der Waals surface area contributed by atoms with Crippen molar-refractivity contribution in [2.45, 2.75) is 0 Å². The first-order valence-electron chi connectivity index (χ1n) is 4.01. The highest BCUT2D eigenvalue weighted by atomic mass is 35.5. The van der Waals surface area contributed by atoms with Crippen LogP contribution in [0, 0.1) is 11.3 Å². The number of halogens is 1. The molecule has 0 nitrogen and oxygen atoms in total. The van der Waals surface area contributed by atoms with Crippen LogP contribution >= 0.6 is 11.6 Å². The van der Waals surface area contributed by atoms with Crippen LogP contribution in [0.25, 0.3) is 10.8 Å². The summed E-state index contributed by atoms with van der Waals surface area (Å²) in [5.41, 5.74) is 0.980. The lowest BCUT2D eigenvalue weighted by Crippen LogP contribution is -1.77.